The number of nitrogens with zero attached hydrogens (tertiary/aromatic N) is 2. The Balaban J connectivity index is 2.78. The Morgan fingerprint density at radius 1 is 1.25 bits per heavy atom. The number of para-hydroxylation sites is 1. The van der Waals surface area contributed by atoms with Crippen LogP contribution >= 0.6 is 23.2 Å². The molecule has 2 heterocycles. The van der Waals surface area contributed by atoms with Crippen LogP contribution in [-0.2, 0) is 0 Å². The summed E-state index contributed by atoms with van der Waals surface area (Å²) < 4.78 is 1.42. The van der Waals surface area contributed by atoms with E-state index in [9.17, 15) is 4.79 Å². The van der Waals surface area contributed by atoms with E-state index in [-0.39, 0.29) is 10.8 Å². The number of rotatable bonds is 0. The third kappa shape index (κ3) is 1.11. The minimum absolute atomic E-state index is 0.181. The van der Waals surface area contributed by atoms with Gasteiger partial charge in [0.1, 0.15) is 5.52 Å². The average molecular weight is 254 g/mol. The van der Waals surface area contributed by atoms with Gasteiger partial charge < -0.3 is 0 Å². The molecule has 0 fully saturated rings. The molecule has 0 aliphatic carbocycles. The van der Waals surface area contributed by atoms with Gasteiger partial charge >= 0.3 is 5.69 Å². The largest absolute Gasteiger partial charge is 0.347 e. The molecule has 0 bridgehead atoms. The van der Waals surface area contributed by atoms with Crippen LogP contribution in [0.5, 0.6) is 0 Å². The minimum atomic E-state index is -0.359. The fourth-order valence-electron chi connectivity index (χ4n) is 1.79. The molecule has 0 atom stereocenters. The second kappa shape index (κ2) is 3.23. The zero-order valence-electron chi connectivity index (χ0n) is 7.87. The van der Waals surface area contributed by atoms with Crippen molar-refractivity contribution in [1.82, 2.24) is 14.6 Å². The van der Waals surface area contributed by atoms with E-state index in [4.69, 9.17) is 23.2 Å². The molecule has 1 aromatic carbocycles. The van der Waals surface area contributed by atoms with E-state index in [0.717, 1.165) is 5.39 Å². The highest BCUT2D eigenvalue weighted by Crippen LogP contribution is 2.32. The molecule has 0 aliphatic rings. The molecule has 0 spiro atoms. The van der Waals surface area contributed by atoms with Gasteiger partial charge in [0.2, 0.25) is 0 Å². The lowest BCUT2D eigenvalue weighted by molar-refractivity contribution is 0.904. The summed E-state index contributed by atoms with van der Waals surface area (Å²) in [5.41, 5.74) is 0.795. The number of fused-ring (bicyclic) bond motifs is 3. The van der Waals surface area contributed by atoms with Crippen molar-refractivity contribution in [3.8, 4) is 0 Å². The maximum Gasteiger partial charge on any atom is 0.347 e. The second-order valence-electron chi connectivity index (χ2n) is 3.33. The molecule has 16 heavy (non-hydrogen) atoms. The van der Waals surface area contributed by atoms with Crippen LogP contribution in [0.3, 0.4) is 0 Å². The van der Waals surface area contributed by atoms with Gasteiger partial charge in [-0.3, -0.25) is 4.40 Å². The predicted molar refractivity (Wildman–Crippen MR) is 63.3 cm³/mol. The lowest BCUT2D eigenvalue weighted by Gasteiger charge is -1.95. The first-order valence-corrected chi connectivity index (χ1v) is 5.28. The van der Waals surface area contributed by atoms with Crippen molar-refractivity contribution in [3.63, 3.8) is 0 Å². The number of benzene rings is 1. The van der Waals surface area contributed by atoms with Crippen molar-refractivity contribution < 1.29 is 0 Å². The summed E-state index contributed by atoms with van der Waals surface area (Å²) >= 11 is 12.1. The molecule has 3 aromatic rings. The summed E-state index contributed by atoms with van der Waals surface area (Å²) in [6.45, 7) is 0. The van der Waals surface area contributed by atoms with E-state index >= 15 is 0 Å². The summed E-state index contributed by atoms with van der Waals surface area (Å²) in [7, 11) is 0. The van der Waals surface area contributed by atoms with Gasteiger partial charge in [0.15, 0.2) is 5.15 Å². The number of halogens is 2. The molecule has 3 rings (SSSR count). The number of hydrogen-bond donors (Lipinski definition) is 1. The number of nitrogens with one attached hydrogen (secondary N) is 1. The van der Waals surface area contributed by atoms with E-state index in [1.165, 1.54) is 4.40 Å². The lowest BCUT2D eigenvalue weighted by atomic mass is 10.2. The SMILES string of the molecule is O=c1[nH]nc(Cl)c2c(Cl)c3ccccc3n12. The number of H-pyrrole nitrogens is 1. The van der Waals surface area contributed by atoms with E-state index < -0.39 is 0 Å². The van der Waals surface area contributed by atoms with Gasteiger partial charge in [-0.15, -0.1) is 0 Å². The smallest absolute Gasteiger partial charge is 0.256 e. The summed E-state index contributed by atoms with van der Waals surface area (Å²) in [6.07, 6.45) is 0. The van der Waals surface area contributed by atoms with E-state index in [0.29, 0.717) is 16.1 Å². The minimum Gasteiger partial charge on any atom is -0.256 e. The van der Waals surface area contributed by atoms with E-state index in [1.54, 1.807) is 6.07 Å². The van der Waals surface area contributed by atoms with Crippen molar-refractivity contribution in [2.45, 2.75) is 0 Å². The topological polar surface area (TPSA) is 50.2 Å². The highest BCUT2D eigenvalue weighted by molar-refractivity contribution is 6.43. The van der Waals surface area contributed by atoms with Crippen LogP contribution in [0.1, 0.15) is 0 Å². The Morgan fingerprint density at radius 3 is 2.81 bits per heavy atom. The number of aromatic amines is 1. The standard InChI is InChI=1S/C10H5Cl2N3O/c11-7-5-3-1-2-4-6(5)15-8(7)9(12)13-14-10(15)16/h1-4H,(H,14,16). The van der Waals surface area contributed by atoms with Crippen molar-refractivity contribution in [1.29, 1.82) is 0 Å². The van der Waals surface area contributed by atoms with Crippen molar-refractivity contribution in [3.05, 3.63) is 44.9 Å². The highest BCUT2D eigenvalue weighted by Gasteiger charge is 2.15. The van der Waals surface area contributed by atoms with Gasteiger partial charge in [-0.2, -0.15) is 5.10 Å². The fourth-order valence-corrected chi connectivity index (χ4v) is 2.40. The summed E-state index contributed by atoms with van der Waals surface area (Å²) in [4.78, 5) is 11.7. The van der Waals surface area contributed by atoms with Crippen LogP contribution in [0.15, 0.2) is 29.1 Å². The summed E-state index contributed by atoms with van der Waals surface area (Å²) in [5.74, 6) is 0. The Labute approximate surface area is 99.4 Å². The number of hydrogen-bond acceptors (Lipinski definition) is 2. The molecular formula is C10H5Cl2N3O. The van der Waals surface area contributed by atoms with Gasteiger partial charge in [0.05, 0.1) is 10.5 Å². The predicted octanol–water partition coefficient (Wildman–Crippen LogP) is 2.48. The van der Waals surface area contributed by atoms with E-state index in [1.807, 2.05) is 18.2 Å². The molecule has 2 aromatic heterocycles. The zero-order valence-corrected chi connectivity index (χ0v) is 9.38. The average Bonchev–Trinajstić information content (AvgIpc) is 2.60. The number of aromatic nitrogens is 3. The molecular weight excluding hydrogens is 249 g/mol. The maximum atomic E-state index is 11.7. The first-order chi connectivity index (χ1) is 7.70. The van der Waals surface area contributed by atoms with Crippen LogP contribution in [0.25, 0.3) is 16.4 Å². The Morgan fingerprint density at radius 2 is 2.00 bits per heavy atom. The van der Waals surface area contributed by atoms with Gasteiger partial charge in [-0.25, -0.2) is 9.89 Å². The molecule has 0 saturated carbocycles. The van der Waals surface area contributed by atoms with Gasteiger partial charge in [-0.05, 0) is 6.07 Å². The molecule has 1 N–H and O–H groups in total. The van der Waals surface area contributed by atoms with Crippen LogP contribution in [0, 0.1) is 0 Å². The third-order valence-corrected chi connectivity index (χ3v) is 3.11. The van der Waals surface area contributed by atoms with Crippen molar-refractivity contribution in [2.24, 2.45) is 0 Å². The fraction of sp³-hybridized carbons (Fsp3) is 0. The lowest BCUT2D eigenvalue weighted by Crippen LogP contribution is -2.17. The van der Waals surface area contributed by atoms with Crippen molar-refractivity contribution >= 4 is 39.6 Å². The summed E-state index contributed by atoms with van der Waals surface area (Å²) in [5, 5.41) is 7.41. The normalized spacial score (nSPS) is 11.4. The molecule has 0 saturated heterocycles. The molecule has 0 radical (unpaired) electrons. The first kappa shape index (κ1) is 9.69. The molecule has 6 heteroatoms. The zero-order chi connectivity index (χ0) is 11.3. The second-order valence-corrected chi connectivity index (χ2v) is 4.07. The van der Waals surface area contributed by atoms with Crippen LogP contribution in [-0.4, -0.2) is 14.6 Å². The van der Waals surface area contributed by atoms with E-state index in [2.05, 4.69) is 10.2 Å². The Kier molecular flexibility index (Phi) is 1.96. The van der Waals surface area contributed by atoms with Crippen LogP contribution in [0.4, 0.5) is 0 Å². The maximum absolute atomic E-state index is 11.7. The summed E-state index contributed by atoms with van der Waals surface area (Å²) in [6, 6.07) is 7.32. The van der Waals surface area contributed by atoms with Crippen LogP contribution < -0.4 is 5.69 Å². The van der Waals surface area contributed by atoms with Crippen molar-refractivity contribution in [2.75, 3.05) is 0 Å². The third-order valence-electron chi connectivity index (χ3n) is 2.46. The molecule has 0 unspecified atom stereocenters. The van der Waals surface area contributed by atoms with Gasteiger partial charge in [0.25, 0.3) is 0 Å². The quantitative estimate of drug-likeness (QED) is 0.670. The first-order valence-electron chi connectivity index (χ1n) is 4.53. The molecule has 4 nitrogen and oxygen atoms in total. The van der Waals surface area contributed by atoms with Gasteiger partial charge in [-0.1, -0.05) is 41.4 Å². The van der Waals surface area contributed by atoms with Gasteiger partial charge in [0, 0.05) is 5.39 Å². The highest BCUT2D eigenvalue weighted by atomic mass is 35.5. The molecule has 0 amide bonds. The Hall–Kier alpha value is -1.52. The Bertz CT molecular complexity index is 760. The molecule has 0 aliphatic heterocycles. The monoisotopic (exact) mass is 253 g/mol. The molecule has 80 valence electrons. The van der Waals surface area contributed by atoms with Crippen LogP contribution in [0.2, 0.25) is 10.2 Å².